The predicted molar refractivity (Wildman–Crippen MR) is 58.0 cm³/mol. The van der Waals surface area contributed by atoms with Crippen molar-refractivity contribution < 1.29 is 40.4 Å². The van der Waals surface area contributed by atoms with E-state index in [4.69, 9.17) is 28.5 Å². The van der Waals surface area contributed by atoms with Crippen LogP contribution in [0.4, 0.5) is 0 Å². The van der Waals surface area contributed by atoms with E-state index in [0.29, 0.717) is 0 Å². The van der Waals surface area contributed by atoms with Crippen molar-refractivity contribution in [3.8, 4) is 0 Å². The Hall–Kier alpha value is 0.322. The fraction of sp³-hybridized carbons (Fsp3) is 0.200. The van der Waals surface area contributed by atoms with Gasteiger partial charge in [-0.25, -0.2) is 0 Å². The van der Waals surface area contributed by atoms with Gasteiger partial charge in [-0.05, 0) is 0 Å². The monoisotopic (exact) mass is 394 g/mol. The molecule has 0 spiro atoms. The van der Waals surface area contributed by atoms with Crippen molar-refractivity contribution in [1.29, 1.82) is 0 Å². The summed E-state index contributed by atoms with van der Waals surface area (Å²) in [6.45, 7) is 0. The molecule has 2 atom stereocenters. The Morgan fingerprint density at radius 3 is 1.62 bits per heavy atom. The zero-order valence-electron chi connectivity index (χ0n) is 8.02. The van der Waals surface area contributed by atoms with E-state index in [1.807, 2.05) is 36.5 Å². The molecule has 0 aromatic carbocycles. The molecular weight excluding hydrogens is 385 g/mol. The molecule has 0 radical (unpaired) electrons. The normalized spacial score (nSPS) is 25.9. The maximum absolute atomic E-state index is 5.38. The van der Waals surface area contributed by atoms with Crippen LogP contribution in [0.25, 0.3) is 0 Å². The summed E-state index contributed by atoms with van der Waals surface area (Å²) in [5.41, 5.74) is 0. The van der Waals surface area contributed by atoms with Crippen LogP contribution >= 0.6 is 19.1 Å². The molecule has 2 aliphatic heterocycles. The summed E-state index contributed by atoms with van der Waals surface area (Å²) >= 11 is 0.757. The van der Waals surface area contributed by atoms with Crippen molar-refractivity contribution in [2.24, 2.45) is 0 Å². The van der Waals surface area contributed by atoms with Gasteiger partial charge in [0.15, 0.2) is 0 Å². The van der Waals surface area contributed by atoms with Gasteiger partial charge in [-0.1, -0.05) is 0 Å². The first-order valence-electron chi connectivity index (χ1n) is 4.26. The Bertz CT molecular complexity index is 277. The third kappa shape index (κ3) is 6.15. The molecule has 0 saturated heterocycles. The van der Waals surface area contributed by atoms with Gasteiger partial charge in [0.2, 0.25) is 0 Å². The molecule has 2 rings (SSSR count). The van der Waals surface area contributed by atoms with Crippen LogP contribution in [0.5, 0.6) is 0 Å². The van der Waals surface area contributed by atoms with Crippen LogP contribution < -0.4 is 0 Å². The van der Waals surface area contributed by atoms with Gasteiger partial charge in [0.05, 0.1) is 0 Å². The van der Waals surface area contributed by atoms with Crippen LogP contribution in [0.2, 0.25) is 0 Å². The third-order valence-corrected chi connectivity index (χ3v) is 2.99. The molecule has 0 amide bonds. The summed E-state index contributed by atoms with van der Waals surface area (Å²) in [6.07, 6.45) is 15.3. The summed E-state index contributed by atoms with van der Waals surface area (Å²) in [5.74, 6) is 0. The van der Waals surface area contributed by atoms with Crippen LogP contribution in [0.15, 0.2) is 49.0 Å². The van der Waals surface area contributed by atoms with E-state index >= 15 is 0 Å². The number of rotatable bonds is 2. The Labute approximate surface area is 118 Å². The zero-order chi connectivity index (χ0) is 11.6. The first-order valence-corrected chi connectivity index (χ1v) is 9.54. The standard InChI is InChI=1S/2C5H5O.2ClH.Fe.Pd/c2*1-2-4-6-5-3-1;;;;/h2*1-5H;2*1H;;/q;;;;;+2/p-2. The van der Waals surface area contributed by atoms with E-state index in [9.17, 15) is 0 Å². The second-order valence-electron chi connectivity index (χ2n) is 2.54. The molecular formula is C10H10Cl2FeO2Pd. The second-order valence-corrected chi connectivity index (χ2v) is 6.52. The third-order valence-electron chi connectivity index (χ3n) is 1.54. The van der Waals surface area contributed by atoms with E-state index in [0.717, 1.165) is 15.0 Å². The average molecular weight is 395 g/mol. The molecule has 0 bridgehead atoms. The molecule has 2 unspecified atom stereocenters. The first-order chi connectivity index (χ1) is 7.86. The molecule has 0 aromatic heterocycles. The van der Waals surface area contributed by atoms with E-state index in [2.05, 4.69) is 0 Å². The van der Waals surface area contributed by atoms with Crippen molar-refractivity contribution in [3.05, 3.63) is 49.0 Å². The Morgan fingerprint density at radius 2 is 1.31 bits per heavy atom. The van der Waals surface area contributed by atoms with Gasteiger partial charge >= 0.3 is 118 Å². The predicted octanol–water partition coefficient (Wildman–Crippen LogP) is 3.30. The first kappa shape index (κ1) is 14.4. The van der Waals surface area contributed by atoms with E-state index in [-0.39, 0.29) is 25.9 Å². The van der Waals surface area contributed by atoms with Gasteiger partial charge in [-0.3, -0.25) is 0 Å². The van der Waals surface area contributed by atoms with Gasteiger partial charge < -0.3 is 0 Å². The van der Waals surface area contributed by atoms with E-state index < -0.39 is 0 Å². The Morgan fingerprint density at radius 1 is 0.875 bits per heavy atom. The van der Waals surface area contributed by atoms with Gasteiger partial charge in [-0.2, -0.15) is 0 Å². The quantitative estimate of drug-likeness (QED) is 0.668. The minimum absolute atomic E-state index is 0.106. The Balaban J connectivity index is 0.000000386. The molecule has 6 heteroatoms. The zero-order valence-corrected chi connectivity index (χ0v) is 12.2. The van der Waals surface area contributed by atoms with Gasteiger partial charge in [0.25, 0.3) is 0 Å². The number of hydrogen-bond acceptors (Lipinski definition) is 2. The molecule has 0 aromatic rings. The number of halogens is 2. The van der Waals surface area contributed by atoms with Gasteiger partial charge in [-0.15, -0.1) is 0 Å². The van der Waals surface area contributed by atoms with Crippen molar-refractivity contribution in [3.63, 3.8) is 0 Å². The van der Waals surface area contributed by atoms with Crippen LogP contribution in [-0.2, 0) is 40.4 Å². The molecule has 2 aliphatic rings. The molecule has 0 N–H and O–H groups in total. The molecule has 16 heavy (non-hydrogen) atoms. The summed E-state index contributed by atoms with van der Waals surface area (Å²) < 4.78 is 10.8. The van der Waals surface area contributed by atoms with Gasteiger partial charge in [0.1, 0.15) is 0 Å². The van der Waals surface area contributed by atoms with Crippen molar-refractivity contribution in [2.45, 2.75) is 10.0 Å². The molecule has 0 fully saturated rings. The molecule has 94 valence electrons. The van der Waals surface area contributed by atoms with Crippen LogP contribution in [0.1, 0.15) is 0 Å². The minimum atomic E-state index is -0.106. The van der Waals surface area contributed by atoms with Crippen LogP contribution in [0.3, 0.4) is 0 Å². The fourth-order valence-electron chi connectivity index (χ4n) is 0.965. The summed E-state index contributed by atoms with van der Waals surface area (Å²) in [4.78, 5) is 0. The van der Waals surface area contributed by atoms with Crippen molar-refractivity contribution >= 4 is 19.1 Å². The van der Waals surface area contributed by atoms with Crippen molar-refractivity contribution in [1.82, 2.24) is 0 Å². The Kier molecular flexibility index (Phi) is 8.42. The van der Waals surface area contributed by atoms with Crippen LogP contribution in [0, 0.1) is 0 Å². The molecule has 0 aliphatic carbocycles. The number of allylic oxidation sites excluding steroid dienone is 4. The second kappa shape index (κ2) is 9.36. The number of ether oxygens (including phenoxy) is 2. The van der Waals surface area contributed by atoms with Gasteiger partial charge in [0, 0.05) is 0 Å². The molecule has 2 heterocycles. The topological polar surface area (TPSA) is 18.5 Å². The average Bonchev–Trinajstić information content (AvgIpc) is 2.33. The van der Waals surface area contributed by atoms with Crippen LogP contribution in [-0.4, -0.2) is 10.0 Å². The molecule has 0 saturated carbocycles. The SMILES string of the molecule is C1=CO[CH]([Fe][CH]2C=CC=CO2)C=C1.[Cl][Pd][Cl]. The summed E-state index contributed by atoms with van der Waals surface area (Å²) in [5, 5.41) is 0.289. The summed E-state index contributed by atoms with van der Waals surface area (Å²) in [7, 11) is 9.63. The maximum atomic E-state index is 5.38. The summed E-state index contributed by atoms with van der Waals surface area (Å²) in [6, 6.07) is 0. The van der Waals surface area contributed by atoms with E-state index in [1.54, 1.807) is 12.5 Å². The number of hydrogen-bond donors (Lipinski definition) is 0. The van der Waals surface area contributed by atoms with Crippen molar-refractivity contribution in [2.75, 3.05) is 0 Å². The fourth-order valence-corrected chi connectivity index (χ4v) is 2.16. The molecule has 2 nitrogen and oxygen atoms in total. The van der Waals surface area contributed by atoms with E-state index in [1.165, 1.54) is 0 Å².